The molecule has 0 aromatic rings. The molecule has 1 N–H and O–H groups in total. The predicted octanol–water partition coefficient (Wildman–Crippen LogP) is 2.58. The first kappa shape index (κ1) is 9.05. The van der Waals surface area contributed by atoms with Gasteiger partial charge in [-0.25, -0.2) is 0 Å². The maximum atomic E-state index is 10.1. The summed E-state index contributed by atoms with van der Waals surface area (Å²) in [5.74, 6) is 0.693. The molecular weight excluding hydrogens is 136 g/mol. The summed E-state index contributed by atoms with van der Waals surface area (Å²) in [6.07, 6.45) is 3.38. The minimum atomic E-state index is -0.454. The lowest BCUT2D eigenvalue weighted by Crippen LogP contribution is -2.46. The van der Waals surface area contributed by atoms with Gasteiger partial charge in [0.15, 0.2) is 0 Å². The van der Waals surface area contributed by atoms with E-state index in [4.69, 9.17) is 0 Å². The summed E-state index contributed by atoms with van der Waals surface area (Å²) in [4.78, 5) is 0. The van der Waals surface area contributed by atoms with Crippen molar-refractivity contribution in [2.24, 2.45) is 11.3 Å². The van der Waals surface area contributed by atoms with E-state index < -0.39 is 5.60 Å². The summed E-state index contributed by atoms with van der Waals surface area (Å²) in [5.41, 5.74) is -0.343. The second-order valence-corrected chi connectivity index (χ2v) is 5.01. The quantitative estimate of drug-likeness (QED) is 0.571. The van der Waals surface area contributed by atoms with Crippen LogP contribution in [0.15, 0.2) is 0 Å². The Kier molecular flexibility index (Phi) is 2.04. The molecule has 1 nitrogen and oxygen atoms in total. The van der Waals surface area contributed by atoms with Crippen molar-refractivity contribution in [3.05, 3.63) is 0 Å². The second-order valence-electron chi connectivity index (χ2n) is 5.01. The number of aliphatic hydroxyl groups is 1. The molecule has 0 saturated heterocycles. The summed E-state index contributed by atoms with van der Waals surface area (Å²) >= 11 is 0. The van der Waals surface area contributed by atoms with E-state index in [1.807, 2.05) is 6.92 Å². The SMILES string of the molecule is CC1CCC(C)(C)C(C)(O)C1. The largest absolute Gasteiger partial charge is 0.390 e. The molecule has 1 heteroatoms. The number of hydrogen-bond donors (Lipinski definition) is 1. The molecule has 1 aliphatic rings. The van der Waals surface area contributed by atoms with Gasteiger partial charge in [-0.3, -0.25) is 0 Å². The molecule has 0 bridgehead atoms. The lowest BCUT2D eigenvalue weighted by Gasteiger charge is -2.46. The lowest BCUT2D eigenvalue weighted by atomic mass is 9.63. The first-order valence-electron chi connectivity index (χ1n) is 4.57. The molecule has 0 aromatic carbocycles. The summed E-state index contributed by atoms with van der Waals surface area (Å²) in [6, 6.07) is 0. The van der Waals surface area contributed by atoms with Crippen LogP contribution in [0.2, 0.25) is 0 Å². The van der Waals surface area contributed by atoms with Crippen molar-refractivity contribution in [1.82, 2.24) is 0 Å². The van der Waals surface area contributed by atoms with Crippen LogP contribution in [-0.4, -0.2) is 10.7 Å². The highest BCUT2D eigenvalue weighted by molar-refractivity contribution is 4.94. The smallest absolute Gasteiger partial charge is 0.0673 e. The Hall–Kier alpha value is -0.0400. The summed E-state index contributed by atoms with van der Waals surface area (Å²) in [5, 5.41) is 10.1. The molecule has 0 heterocycles. The van der Waals surface area contributed by atoms with Gasteiger partial charge < -0.3 is 5.11 Å². The van der Waals surface area contributed by atoms with E-state index in [-0.39, 0.29) is 5.41 Å². The highest BCUT2D eigenvalue weighted by atomic mass is 16.3. The molecule has 1 fully saturated rings. The molecule has 0 spiro atoms. The Labute approximate surface area is 69.8 Å². The van der Waals surface area contributed by atoms with Crippen molar-refractivity contribution < 1.29 is 5.11 Å². The fraction of sp³-hybridized carbons (Fsp3) is 1.00. The van der Waals surface area contributed by atoms with Crippen LogP contribution in [0, 0.1) is 11.3 Å². The fourth-order valence-electron chi connectivity index (χ4n) is 1.93. The topological polar surface area (TPSA) is 20.2 Å². The van der Waals surface area contributed by atoms with Crippen LogP contribution in [0.3, 0.4) is 0 Å². The average molecular weight is 156 g/mol. The van der Waals surface area contributed by atoms with Gasteiger partial charge in [-0.2, -0.15) is 0 Å². The first-order valence-corrected chi connectivity index (χ1v) is 4.57. The zero-order chi connectivity index (χ0) is 8.70. The van der Waals surface area contributed by atoms with Crippen LogP contribution in [0.25, 0.3) is 0 Å². The summed E-state index contributed by atoms with van der Waals surface area (Å²) in [7, 11) is 0. The van der Waals surface area contributed by atoms with Crippen LogP contribution < -0.4 is 0 Å². The van der Waals surface area contributed by atoms with Gasteiger partial charge in [0.2, 0.25) is 0 Å². The molecule has 1 aliphatic carbocycles. The van der Waals surface area contributed by atoms with Crippen LogP contribution in [0.5, 0.6) is 0 Å². The minimum Gasteiger partial charge on any atom is -0.390 e. The molecule has 0 aliphatic heterocycles. The molecule has 0 aromatic heterocycles. The van der Waals surface area contributed by atoms with E-state index in [2.05, 4.69) is 20.8 Å². The second kappa shape index (κ2) is 2.48. The molecule has 1 rings (SSSR count). The van der Waals surface area contributed by atoms with Crippen molar-refractivity contribution >= 4 is 0 Å². The van der Waals surface area contributed by atoms with Gasteiger partial charge in [-0.15, -0.1) is 0 Å². The third kappa shape index (κ3) is 1.58. The van der Waals surface area contributed by atoms with Crippen molar-refractivity contribution in [1.29, 1.82) is 0 Å². The molecule has 2 unspecified atom stereocenters. The van der Waals surface area contributed by atoms with E-state index in [0.717, 1.165) is 12.8 Å². The molecular formula is C10H20O. The monoisotopic (exact) mass is 156 g/mol. The first-order chi connectivity index (χ1) is 4.85. The lowest BCUT2D eigenvalue weighted by molar-refractivity contribution is -0.0954. The van der Waals surface area contributed by atoms with E-state index in [9.17, 15) is 5.11 Å². The van der Waals surface area contributed by atoms with Gasteiger partial charge in [-0.1, -0.05) is 20.8 Å². The van der Waals surface area contributed by atoms with Crippen LogP contribution in [-0.2, 0) is 0 Å². The molecule has 0 radical (unpaired) electrons. The predicted molar refractivity (Wildman–Crippen MR) is 47.4 cm³/mol. The van der Waals surface area contributed by atoms with Gasteiger partial charge in [0.25, 0.3) is 0 Å². The highest BCUT2D eigenvalue weighted by Crippen LogP contribution is 2.45. The zero-order valence-electron chi connectivity index (χ0n) is 8.15. The normalized spacial score (nSPS) is 43.9. The Balaban J connectivity index is 2.72. The third-order valence-corrected chi connectivity index (χ3v) is 3.47. The van der Waals surface area contributed by atoms with Gasteiger partial charge >= 0.3 is 0 Å². The van der Waals surface area contributed by atoms with E-state index >= 15 is 0 Å². The molecule has 2 atom stereocenters. The van der Waals surface area contributed by atoms with Gasteiger partial charge in [0.1, 0.15) is 0 Å². The fourth-order valence-corrected chi connectivity index (χ4v) is 1.93. The zero-order valence-corrected chi connectivity index (χ0v) is 8.15. The molecule has 66 valence electrons. The maximum absolute atomic E-state index is 10.1. The van der Waals surface area contributed by atoms with Crippen LogP contribution in [0.4, 0.5) is 0 Å². The van der Waals surface area contributed by atoms with Gasteiger partial charge in [0, 0.05) is 0 Å². The van der Waals surface area contributed by atoms with E-state index in [0.29, 0.717) is 5.92 Å². The van der Waals surface area contributed by atoms with Crippen LogP contribution in [0.1, 0.15) is 47.0 Å². The van der Waals surface area contributed by atoms with Crippen molar-refractivity contribution in [3.63, 3.8) is 0 Å². The number of hydrogen-bond acceptors (Lipinski definition) is 1. The summed E-state index contributed by atoms with van der Waals surface area (Å²) < 4.78 is 0. The van der Waals surface area contributed by atoms with E-state index in [1.54, 1.807) is 0 Å². The molecule has 0 amide bonds. The standard InChI is InChI=1S/C10H20O/c1-8-5-6-9(2,3)10(4,11)7-8/h8,11H,5-7H2,1-4H3. The Morgan fingerprint density at radius 3 is 2.18 bits per heavy atom. The molecule has 1 saturated carbocycles. The Morgan fingerprint density at radius 1 is 1.27 bits per heavy atom. The molecule has 11 heavy (non-hydrogen) atoms. The number of rotatable bonds is 0. The van der Waals surface area contributed by atoms with Crippen molar-refractivity contribution in [3.8, 4) is 0 Å². The third-order valence-electron chi connectivity index (χ3n) is 3.47. The Bertz CT molecular complexity index is 147. The van der Waals surface area contributed by atoms with Gasteiger partial charge in [-0.05, 0) is 37.5 Å². The van der Waals surface area contributed by atoms with E-state index in [1.165, 1.54) is 6.42 Å². The highest BCUT2D eigenvalue weighted by Gasteiger charge is 2.43. The van der Waals surface area contributed by atoms with Gasteiger partial charge in [0.05, 0.1) is 5.60 Å². The van der Waals surface area contributed by atoms with Crippen molar-refractivity contribution in [2.75, 3.05) is 0 Å². The van der Waals surface area contributed by atoms with Crippen molar-refractivity contribution in [2.45, 2.75) is 52.6 Å². The maximum Gasteiger partial charge on any atom is 0.0673 e. The minimum absolute atomic E-state index is 0.111. The average Bonchev–Trinajstić information content (AvgIpc) is 1.80. The Morgan fingerprint density at radius 2 is 1.82 bits per heavy atom. The summed E-state index contributed by atoms with van der Waals surface area (Å²) in [6.45, 7) is 8.53. The van der Waals surface area contributed by atoms with Crippen LogP contribution >= 0.6 is 0 Å².